The van der Waals surface area contributed by atoms with Crippen LogP contribution in [0.25, 0.3) is 11.4 Å². The molecule has 3 aromatic rings. The number of nitrogens with zero attached hydrogens (tertiary/aromatic N) is 4. The van der Waals surface area contributed by atoms with E-state index >= 15 is 0 Å². The summed E-state index contributed by atoms with van der Waals surface area (Å²) in [6.07, 6.45) is 0. The molecule has 0 aliphatic carbocycles. The summed E-state index contributed by atoms with van der Waals surface area (Å²) in [7, 11) is 0. The van der Waals surface area contributed by atoms with Crippen LogP contribution in [0.1, 0.15) is 0 Å². The summed E-state index contributed by atoms with van der Waals surface area (Å²) in [5, 5.41) is 14.1. The van der Waals surface area contributed by atoms with E-state index in [0.29, 0.717) is 11.3 Å². The van der Waals surface area contributed by atoms with E-state index in [1.165, 1.54) is 36.4 Å². The molecule has 0 atom stereocenters. The highest BCUT2D eigenvalue weighted by atomic mass is 19.1. The van der Waals surface area contributed by atoms with E-state index in [4.69, 9.17) is 0 Å². The van der Waals surface area contributed by atoms with Crippen molar-refractivity contribution in [2.24, 2.45) is 0 Å². The van der Waals surface area contributed by atoms with Gasteiger partial charge in [-0.25, -0.2) is 8.78 Å². The molecule has 0 bridgehead atoms. The predicted octanol–water partition coefficient (Wildman–Crippen LogP) is 2.26. The fraction of sp³-hybridized carbons (Fsp3) is 0.0667. The first-order valence-corrected chi connectivity index (χ1v) is 6.69. The monoisotopic (exact) mass is 315 g/mol. The second-order valence-corrected chi connectivity index (χ2v) is 4.71. The normalized spacial score (nSPS) is 10.5. The quantitative estimate of drug-likeness (QED) is 0.801. The van der Waals surface area contributed by atoms with Crippen LogP contribution >= 0.6 is 0 Å². The van der Waals surface area contributed by atoms with Crippen LogP contribution in [-0.4, -0.2) is 26.1 Å². The Bertz CT molecular complexity index is 849. The van der Waals surface area contributed by atoms with Crippen molar-refractivity contribution in [2.75, 3.05) is 5.32 Å². The molecule has 1 amide bonds. The molecule has 0 saturated heterocycles. The van der Waals surface area contributed by atoms with E-state index in [1.54, 1.807) is 12.1 Å². The molecule has 3 rings (SSSR count). The zero-order valence-corrected chi connectivity index (χ0v) is 11.8. The SMILES string of the molecule is O=C(Cn1nnc(-c2cccc(F)c2)n1)Nc1cccc(F)c1. The van der Waals surface area contributed by atoms with Gasteiger partial charge in [-0.15, -0.1) is 10.2 Å². The van der Waals surface area contributed by atoms with Gasteiger partial charge in [0.05, 0.1) is 0 Å². The van der Waals surface area contributed by atoms with Crippen LogP contribution < -0.4 is 5.32 Å². The van der Waals surface area contributed by atoms with Crippen LogP contribution in [-0.2, 0) is 11.3 Å². The number of carbonyl (C=O) groups is 1. The van der Waals surface area contributed by atoms with Gasteiger partial charge in [0, 0.05) is 11.3 Å². The van der Waals surface area contributed by atoms with E-state index in [1.807, 2.05) is 0 Å². The largest absolute Gasteiger partial charge is 0.324 e. The topological polar surface area (TPSA) is 72.7 Å². The third-order valence-corrected chi connectivity index (χ3v) is 2.93. The van der Waals surface area contributed by atoms with Gasteiger partial charge >= 0.3 is 0 Å². The Balaban J connectivity index is 1.68. The van der Waals surface area contributed by atoms with Crippen molar-refractivity contribution in [3.05, 3.63) is 60.2 Å². The highest BCUT2D eigenvalue weighted by Crippen LogP contribution is 2.14. The molecule has 1 aromatic heterocycles. The van der Waals surface area contributed by atoms with Crippen LogP contribution in [0.5, 0.6) is 0 Å². The first-order chi connectivity index (χ1) is 11.1. The summed E-state index contributed by atoms with van der Waals surface area (Å²) >= 11 is 0. The highest BCUT2D eigenvalue weighted by molar-refractivity contribution is 5.90. The molecule has 0 aliphatic rings. The minimum atomic E-state index is -0.449. The number of nitrogens with one attached hydrogen (secondary N) is 1. The molecular formula is C15H11F2N5O. The minimum absolute atomic E-state index is 0.196. The Morgan fingerprint density at radius 1 is 1.09 bits per heavy atom. The van der Waals surface area contributed by atoms with Crippen molar-refractivity contribution < 1.29 is 13.6 Å². The van der Waals surface area contributed by atoms with Crippen LogP contribution in [0.4, 0.5) is 14.5 Å². The summed E-state index contributed by atoms with van der Waals surface area (Å²) < 4.78 is 26.2. The standard InChI is InChI=1S/C15H11F2N5O/c16-11-4-1-3-10(7-11)15-19-21-22(20-15)9-14(23)18-13-6-2-5-12(17)8-13/h1-8H,9H2,(H,18,23). The number of anilines is 1. The van der Waals surface area contributed by atoms with E-state index in [0.717, 1.165) is 4.80 Å². The van der Waals surface area contributed by atoms with Gasteiger partial charge in [-0.05, 0) is 35.5 Å². The third kappa shape index (κ3) is 3.73. The number of tetrazole rings is 1. The van der Waals surface area contributed by atoms with Gasteiger partial charge in [0.15, 0.2) is 0 Å². The van der Waals surface area contributed by atoms with Crippen LogP contribution in [0.15, 0.2) is 48.5 Å². The number of rotatable bonds is 4. The maximum absolute atomic E-state index is 13.2. The molecule has 23 heavy (non-hydrogen) atoms. The molecule has 1 N–H and O–H groups in total. The number of amides is 1. The summed E-state index contributed by atoms with van der Waals surface area (Å²) in [6.45, 7) is -0.196. The first kappa shape index (κ1) is 14.8. The van der Waals surface area contributed by atoms with Crippen LogP contribution in [0.2, 0.25) is 0 Å². The van der Waals surface area contributed by atoms with E-state index in [9.17, 15) is 13.6 Å². The number of hydrogen-bond donors (Lipinski definition) is 1. The number of aromatic nitrogens is 4. The predicted molar refractivity (Wildman–Crippen MR) is 78.2 cm³/mol. The molecule has 6 nitrogen and oxygen atoms in total. The number of halogens is 2. The van der Waals surface area contributed by atoms with Gasteiger partial charge in [0.1, 0.15) is 18.2 Å². The molecule has 0 saturated carbocycles. The fourth-order valence-corrected chi connectivity index (χ4v) is 1.95. The summed E-state index contributed by atoms with van der Waals surface area (Å²) in [6, 6.07) is 11.3. The van der Waals surface area contributed by atoms with Crippen LogP contribution in [0.3, 0.4) is 0 Å². The molecule has 0 spiro atoms. The average Bonchev–Trinajstić information content (AvgIpc) is 2.95. The zero-order valence-electron chi connectivity index (χ0n) is 11.8. The van der Waals surface area contributed by atoms with E-state index < -0.39 is 17.5 Å². The Kier molecular flexibility index (Phi) is 4.05. The lowest BCUT2D eigenvalue weighted by Gasteiger charge is -2.04. The molecule has 1 heterocycles. The Morgan fingerprint density at radius 2 is 1.83 bits per heavy atom. The first-order valence-electron chi connectivity index (χ1n) is 6.69. The zero-order chi connectivity index (χ0) is 16.2. The molecule has 0 radical (unpaired) electrons. The molecule has 0 unspecified atom stereocenters. The van der Waals surface area contributed by atoms with E-state index in [2.05, 4.69) is 20.7 Å². The van der Waals surface area contributed by atoms with Crippen molar-refractivity contribution in [2.45, 2.75) is 6.54 Å². The van der Waals surface area contributed by atoms with Crippen molar-refractivity contribution >= 4 is 11.6 Å². The number of benzene rings is 2. The summed E-state index contributed by atoms with van der Waals surface area (Å²) in [5.41, 5.74) is 0.794. The lowest BCUT2D eigenvalue weighted by atomic mass is 10.2. The smallest absolute Gasteiger partial charge is 0.248 e. The van der Waals surface area contributed by atoms with Crippen molar-refractivity contribution in [3.63, 3.8) is 0 Å². The Labute approximate surface area is 129 Å². The van der Waals surface area contributed by atoms with Gasteiger partial charge < -0.3 is 5.32 Å². The summed E-state index contributed by atoms with van der Waals surface area (Å²) in [5.74, 6) is -1.08. The maximum atomic E-state index is 13.2. The summed E-state index contributed by atoms with van der Waals surface area (Å²) in [4.78, 5) is 12.9. The molecule has 8 heteroatoms. The van der Waals surface area contributed by atoms with Gasteiger partial charge in [-0.2, -0.15) is 4.80 Å². The maximum Gasteiger partial charge on any atom is 0.248 e. The van der Waals surface area contributed by atoms with Crippen molar-refractivity contribution in [1.29, 1.82) is 0 Å². The Morgan fingerprint density at radius 3 is 2.57 bits per heavy atom. The van der Waals surface area contributed by atoms with Gasteiger partial charge in [0.25, 0.3) is 0 Å². The highest BCUT2D eigenvalue weighted by Gasteiger charge is 2.10. The number of hydrogen-bond acceptors (Lipinski definition) is 4. The van der Waals surface area contributed by atoms with E-state index in [-0.39, 0.29) is 12.4 Å². The molecule has 0 fully saturated rings. The second kappa shape index (κ2) is 6.30. The number of carbonyl (C=O) groups excluding carboxylic acids is 1. The van der Waals surface area contributed by atoms with Gasteiger partial charge in [0.2, 0.25) is 11.7 Å². The average molecular weight is 315 g/mol. The van der Waals surface area contributed by atoms with Crippen molar-refractivity contribution in [1.82, 2.24) is 20.2 Å². The molecular weight excluding hydrogens is 304 g/mol. The minimum Gasteiger partial charge on any atom is -0.324 e. The lowest BCUT2D eigenvalue weighted by Crippen LogP contribution is -2.20. The van der Waals surface area contributed by atoms with Crippen molar-refractivity contribution in [3.8, 4) is 11.4 Å². The van der Waals surface area contributed by atoms with Gasteiger partial charge in [-0.3, -0.25) is 4.79 Å². The third-order valence-electron chi connectivity index (χ3n) is 2.93. The van der Waals surface area contributed by atoms with Gasteiger partial charge in [-0.1, -0.05) is 18.2 Å². The second-order valence-electron chi connectivity index (χ2n) is 4.71. The fourth-order valence-electron chi connectivity index (χ4n) is 1.95. The lowest BCUT2D eigenvalue weighted by molar-refractivity contribution is -0.117. The Hall–Kier alpha value is -3.16. The molecule has 2 aromatic carbocycles. The van der Waals surface area contributed by atoms with Crippen LogP contribution in [0, 0.1) is 11.6 Å². The molecule has 116 valence electrons. The molecule has 0 aliphatic heterocycles.